The fourth-order valence-electron chi connectivity index (χ4n) is 4.79. The predicted octanol–water partition coefficient (Wildman–Crippen LogP) is 6.85. The van der Waals surface area contributed by atoms with Gasteiger partial charge in [-0.1, -0.05) is 25.7 Å². The van der Waals surface area contributed by atoms with Crippen LogP contribution in [0, 0.1) is 5.82 Å². The van der Waals surface area contributed by atoms with Crippen LogP contribution in [0.1, 0.15) is 29.8 Å². The number of piperazine rings is 1. The Morgan fingerprint density at radius 2 is 1.79 bits per heavy atom. The predicted molar refractivity (Wildman–Crippen MR) is 162 cm³/mol. The van der Waals surface area contributed by atoms with E-state index in [1.807, 2.05) is 11.9 Å². The molecule has 1 saturated heterocycles. The molecule has 14 heteroatoms. The molecule has 2 atom stereocenters. The molecular formula is C29H35ClF4N6O2Si. The summed E-state index contributed by atoms with van der Waals surface area (Å²) < 4.78 is 62.7. The summed E-state index contributed by atoms with van der Waals surface area (Å²) in [4.78, 5) is 29.3. The van der Waals surface area contributed by atoms with E-state index in [1.165, 1.54) is 6.07 Å². The van der Waals surface area contributed by atoms with Crippen molar-refractivity contribution in [2.45, 2.75) is 57.8 Å². The summed E-state index contributed by atoms with van der Waals surface area (Å²) in [6, 6.07) is 6.56. The van der Waals surface area contributed by atoms with Crippen molar-refractivity contribution in [2.24, 2.45) is 0 Å². The first-order valence-corrected chi connectivity index (χ1v) is 17.9. The number of halogens is 5. The van der Waals surface area contributed by atoms with Gasteiger partial charge in [-0.25, -0.2) is 19.3 Å². The second kappa shape index (κ2) is 12.7. The quantitative estimate of drug-likeness (QED) is 0.164. The molecule has 1 aromatic carbocycles. The Bertz CT molecular complexity index is 1470. The van der Waals surface area contributed by atoms with E-state index >= 15 is 0 Å². The molecule has 0 bridgehead atoms. The van der Waals surface area contributed by atoms with Crippen LogP contribution in [-0.4, -0.2) is 72.7 Å². The Labute approximate surface area is 254 Å². The van der Waals surface area contributed by atoms with Crippen LogP contribution in [0.4, 0.5) is 28.9 Å². The highest BCUT2D eigenvalue weighted by atomic mass is 35.5. The van der Waals surface area contributed by atoms with Crippen molar-refractivity contribution in [3.05, 3.63) is 58.9 Å². The van der Waals surface area contributed by atoms with Crippen molar-refractivity contribution in [3.8, 4) is 17.1 Å². The maximum atomic E-state index is 14.7. The van der Waals surface area contributed by atoms with Gasteiger partial charge in [-0.3, -0.25) is 9.69 Å². The van der Waals surface area contributed by atoms with Gasteiger partial charge in [0.05, 0.1) is 35.3 Å². The van der Waals surface area contributed by atoms with Gasteiger partial charge >= 0.3 is 6.18 Å². The summed E-state index contributed by atoms with van der Waals surface area (Å²) in [5, 5.41) is 2.46. The molecular weight excluding hydrogens is 604 g/mol. The van der Waals surface area contributed by atoms with Gasteiger partial charge in [0, 0.05) is 51.1 Å². The standard InChI is InChI=1S/C29H35ClF4N6O2Si/c1-17-15-40(16-18(2)39(17)3)24-8-7-19(26-22(31)14-36-28(30)38-26)11-23(24)37-27(41)20-13-35-25(12-21(20)29(32,33)34)42-9-10-43(4,5)6/h7-8,11-14,17-18H,9-10,15-16H2,1-6H3,(H,37,41)/t17-,18+. The van der Waals surface area contributed by atoms with Crippen LogP contribution in [0.25, 0.3) is 11.3 Å². The lowest BCUT2D eigenvalue weighted by atomic mass is 10.0. The first-order chi connectivity index (χ1) is 20.0. The minimum Gasteiger partial charge on any atom is -0.478 e. The molecule has 0 radical (unpaired) electrons. The first-order valence-electron chi connectivity index (χ1n) is 13.8. The van der Waals surface area contributed by atoms with Crippen molar-refractivity contribution in [1.29, 1.82) is 0 Å². The molecule has 4 rings (SSSR count). The average Bonchev–Trinajstić information content (AvgIpc) is 2.91. The van der Waals surface area contributed by atoms with Gasteiger partial charge in [-0.05, 0) is 50.7 Å². The fraction of sp³-hybridized carbons (Fsp3) is 0.448. The molecule has 2 aromatic heterocycles. The Kier molecular flexibility index (Phi) is 9.67. The van der Waals surface area contributed by atoms with E-state index in [2.05, 4.69) is 58.7 Å². The van der Waals surface area contributed by atoms with Gasteiger partial charge in [0.25, 0.3) is 5.91 Å². The molecule has 0 spiro atoms. The van der Waals surface area contributed by atoms with Crippen molar-refractivity contribution in [1.82, 2.24) is 19.9 Å². The topological polar surface area (TPSA) is 83.5 Å². The molecule has 3 heterocycles. The maximum Gasteiger partial charge on any atom is 0.417 e. The van der Waals surface area contributed by atoms with Crippen LogP contribution >= 0.6 is 11.6 Å². The molecule has 1 fully saturated rings. The van der Waals surface area contributed by atoms with Gasteiger partial charge < -0.3 is 15.0 Å². The fourth-order valence-corrected chi connectivity index (χ4v) is 5.64. The summed E-state index contributed by atoms with van der Waals surface area (Å²) in [6.07, 6.45) is -3.05. The SMILES string of the molecule is C[C@@H]1CN(c2ccc(-c3nc(Cl)ncc3F)cc2NC(=O)c2cnc(OCC[Si](C)(C)C)cc2C(F)(F)F)C[C@H](C)N1C. The zero-order valence-corrected chi connectivity index (χ0v) is 26.6. The van der Waals surface area contributed by atoms with Gasteiger partial charge in [0.1, 0.15) is 5.69 Å². The van der Waals surface area contributed by atoms with Crippen LogP contribution in [0.2, 0.25) is 31.0 Å². The number of amides is 1. The molecule has 1 aliphatic heterocycles. The number of alkyl halides is 3. The monoisotopic (exact) mass is 638 g/mol. The average molecular weight is 639 g/mol. The van der Waals surface area contributed by atoms with Gasteiger partial charge in [-0.2, -0.15) is 13.2 Å². The Hall–Kier alpha value is -3.29. The Morgan fingerprint density at radius 3 is 2.42 bits per heavy atom. The number of aromatic nitrogens is 3. The smallest absolute Gasteiger partial charge is 0.417 e. The summed E-state index contributed by atoms with van der Waals surface area (Å²) in [5.41, 5.74) is -0.938. The number of hydrogen-bond acceptors (Lipinski definition) is 7. The van der Waals surface area contributed by atoms with E-state index in [1.54, 1.807) is 12.1 Å². The third-order valence-corrected chi connectivity index (χ3v) is 9.35. The van der Waals surface area contributed by atoms with Crippen molar-refractivity contribution < 1.29 is 27.1 Å². The molecule has 232 valence electrons. The van der Waals surface area contributed by atoms with Crippen molar-refractivity contribution in [2.75, 3.05) is 37.0 Å². The molecule has 8 nitrogen and oxygen atoms in total. The number of nitrogens with one attached hydrogen (secondary N) is 1. The highest BCUT2D eigenvalue weighted by Gasteiger charge is 2.37. The number of benzene rings is 1. The summed E-state index contributed by atoms with van der Waals surface area (Å²) in [6.45, 7) is 11.9. The molecule has 0 aliphatic carbocycles. The van der Waals surface area contributed by atoms with E-state index in [0.717, 1.165) is 24.5 Å². The van der Waals surface area contributed by atoms with E-state index in [9.17, 15) is 22.4 Å². The molecule has 43 heavy (non-hydrogen) atoms. The molecule has 3 aromatic rings. The van der Waals surface area contributed by atoms with Crippen LogP contribution in [0.15, 0.2) is 36.7 Å². The zero-order valence-electron chi connectivity index (χ0n) is 24.9. The lowest BCUT2D eigenvalue weighted by molar-refractivity contribution is -0.138. The van der Waals surface area contributed by atoms with Gasteiger partial charge in [-0.15, -0.1) is 0 Å². The number of anilines is 2. The first kappa shape index (κ1) is 32.6. The third-order valence-electron chi connectivity index (χ3n) is 7.46. The van der Waals surface area contributed by atoms with Crippen LogP contribution in [0.3, 0.4) is 0 Å². The molecule has 1 N–H and O–H groups in total. The number of carbonyl (C=O) groups is 1. The van der Waals surface area contributed by atoms with Crippen molar-refractivity contribution >= 4 is 37.0 Å². The third kappa shape index (κ3) is 8.01. The summed E-state index contributed by atoms with van der Waals surface area (Å²) in [5.74, 6) is -1.98. The molecule has 0 unspecified atom stereocenters. The lowest BCUT2D eigenvalue weighted by Gasteiger charge is -2.44. The van der Waals surface area contributed by atoms with Crippen LogP contribution in [0.5, 0.6) is 5.88 Å². The number of carbonyl (C=O) groups excluding carboxylic acids is 1. The normalized spacial score (nSPS) is 18.1. The number of hydrogen-bond donors (Lipinski definition) is 1. The lowest BCUT2D eigenvalue weighted by Crippen LogP contribution is -2.55. The maximum absolute atomic E-state index is 14.7. The molecule has 1 amide bonds. The second-order valence-electron chi connectivity index (χ2n) is 12.0. The van der Waals surface area contributed by atoms with Gasteiger partial charge in [0.15, 0.2) is 5.82 Å². The number of nitrogens with zero attached hydrogens (tertiary/aromatic N) is 5. The van der Waals surface area contributed by atoms with Gasteiger partial charge in [0.2, 0.25) is 11.2 Å². The molecule has 0 saturated carbocycles. The van der Waals surface area contributed by atoms with E-state index < -0.39 is 37.1 Å². The second-order valence-corrected chi connectivity index (χ2v) is 18.0. The minimum atomic E-state index is -4.85. The van der Waals surface area contributed by atoms with E-state index in [-0.39, 0.29) is 46.8 Å². The molecule has 1 aliphatic rings. The Balaban J connectivity index is 1.72. The van der Waals surface area contributed by atoms with Crippen LogP contribution < -0.4 is 15.0 Å². The highest BCUT2D eigenvalue weighted by Crippen LogP contribution is 2.37. The summed E-state index contributed by atoms with van der Waals surface area (Å²) >= 11 is 5.90. The van der Waals surface area contributed by atoms with E-state index in [4.69, 9.17) is 16.3 Å². The number of rotatable bonds is 8. The minimum absolute atomic E-state index is 0.111. The van der Waals surface area contributed by atoms with Crippen molar-refractivity contribution in [3.63, 3.8) is 0 Å². The number of likely N-dealkylation sites (N-methyl/N-ethyl adjacent to an activating group) is 1. The largest absolute Gasteiger partial charge is 0.478 e. The summed E-state index contributed by atoms with van der Waals surface area (Å²) in [7, 11) is 0.532. The highest BCUT2D eigenvalue weighted by molar-refractivity contribution is 6.76. The zero-order chi connectivity index (χ0) is 31.7. The number of ether oxygens (including phenoxy) is 1. The Morgan fingerprint density at radius 1 is 1.12 bits per heavy atom. The van der Waals surface area contributed by atoms with E-state index in [0.29, 0.717) is 18.8 Å². The van der Waals surface area contributed by atoms with Crippen LogP contribution in [-0.2, 0) is 6.18 Å². The number of pyridine rings is 1.